The highest BCUT2D eigenvalue weighted by atomic mass is 15.0. The average molecular weight is 216 g/mol. The van der Waals surface area contributed by atoms with Gasteiger partial charge >= 0.3 is 0 Å². The smallest absolute Gasteiger partial charge is 0.0953 e. The number of imidazole rings is 1. The molecule has 2 aromatic rings. The summed E-state index contributed by atoms with van der Waals surface area (Å²) >= 11 is 0. The Morgan fingerprint density at radius 3 is 2.19 bits per heavy atom. The van der Waals surface area contributed by atoms with Crippen molar-refractivity contribution in [2.75, 3.05) is 0 Å². The average Bonchev–Trinajstić information content (AvgIpc) is 2.64. The lowest BCUT2D eigenvalue weighted by Crippen LogP contribution is -1.90. The number of rotatable bonds is 1. The summed E-state index contributed by atoms with van der Waals surface area (Å²) in [6.07, 6.45) is 1.86. The van der Waals surface area contributed by atoms with Crippen LogP contribution in [0.5, 0.6) is 0 Å². The molecule has 2 nitrogen and oxygen atoms in total. The molecule has 0 saturated carbocycles. The lowest BCUT2D eigenvalue weighted by molar-refractivity contribution is 0.874. The van der Waals surface area contributed by atoms with Gasteiger partial charge in [0.25, 0.3) is 0 Å². The Morgan fingerprint density at radius 2 is 1.69 bits per heavy atom. The van der Waals surface area contributed by atoms with Gasteiger partial charge in [0, 0.05) is 18.3 Å². The second-order valence-electron chi connectivity index (χ2n) is 3.60. The van der Waals surface area contributed by atoms with Gasteiger partial charge in [-0.3, -0.25) is 0 Å². The van der Waals surface area contributed by atoms with Crippen LogP contribution < -0.4 is 0 Å². The Kier molecular flexibility index (Phi) is 4.29. The zero-order chi connectivity index (χ0) is 12.1. The topological polar surface area (TPSA) is 17.8 Å². The number of nitrogens with zero attached hydrogens (tertiary/aromatic N) is 2. The highest BCUT2D eigenvalue weighted by molar-refractivity contribution is 5.65. The van der Waals surface area contributed by atoms with Gasteiger partial charge in [-0.2, -0.15) is 0 Å². The molecule has 0 bridgehead atoms. The van der Waals surface area contributed by atoms with E-state index in [-0.39, 0.29) is 0 Å². The van der Waals surface area contributed by atoms with Crippen molar-refractivity contribution >= 4 is 0 Å². The summed E-state index contributed by atoms with van der Waals surface area (Å²) in [5.74, 6) is 0. The van der Waals surface area contributed by atoms with E-state index in [2.05, 4.69) is 43.1 Å². The molecule has 0 amide bonds. The molecule has 0 unspecified atom stereocenters. The Hall–Kier alpha value is -1.57. The van der Waals surface area contributed by atoms with E-state index in [0.717, 1.165) is 5.69 Å². The van der Waals surface area contributed by atoms with Crippen molar-refractivity contribution in [2.45, 2.75) is 27.7 Å². The van der Waals surface area contributed by atoms with Crippen LogP contribution in [0.1, 0.15) is 25.1 Å². The van der Waals surface area contributed by atoms with E-state index in [1.807, 2.05) is 31.8 Å². The first-order valence-corrected chi connectivity index (χ1v) is 5.74. The monoisotopic (exact) mass is 216 g/mol. The molecular formula is C14H20N2. The van der Waals surface area contributed by atoms with Crippen molar-refractivity contribution in [1.82, 2.24) is 9.55 Å². The molecule has 0 aliphatic rings. The third kappa shape index (κ3) is 2.32. The Balaban J connectivity index is 0.000000606. The first-order valence-electron chi connectivity index (χ1n) is 5.74. The van der Waals surface area contributed by atoms with Crippen LogP contribution in [-0.4, -0.2) is 9.55 Å². The van der Waals surface area contributed by atoms with Crippen LogP contribution in [0, 0.1) is 13.8 Å². The van der Waals surface area contributed by atoms with E-state index >= 15 is 0 Å². The molecule has 16 heavy (non-hydrogen) atoms. The van der Waals surface area contributed by atoms with Crippen LogP contribution in [0.2, 0.25) is 0 Å². The van der Waals surface area contributed by atoms with Gasteiger partial charge in [0.2, 0.25) is 0 Å². The molecule has 0 aliphatic heterocycles. The first-order chi connectivity index (χ1) is 7.70. The standard InChI is InChI=1S/C12H14N2.C2H6/c1-9-6-4-5-7-11(9)12-10(2)14(3)8-13-12;1-2/h4-8H,1-3H3;1-2H3. The maximum absolute atomic E-state index is 4.41. The van der Waals surface area contributed by atoms with E-state index in [4.69, 9.17) is 0 Å². The lowest BCUT2D eigenvalue weighted by Gasteiger charge is -2.03. The SMILES string of the molecule is CC.Cc1ccccc1-c1ncn(C)c1C. The van der Waals surface area contributed by atoms with Crippen LogP contribution in [0.15, 0.2) is 30.6 Å². The van der Waals surface area contributed by atoms with Crippen molar-refractivity contribution in [3.05, 3.63) is 41.9 Å². The summed E-state index contributed by atoms with van der Waals surface area (Å²) in [5.41, 5.74) is 4.80. The predicted octanol–water partition coefficient (Wildman–Crippen LogP) is 3.73. The van der Waals surface area contributed by atoms with Gasteiger partial charge in [0.15, 0.2) is 0 Å². The van der Waals surface area contributed by atoms with Crippen LogP contribution >= 0.6 is 0 Å². The molecule has 0 atom stereocenters. The lowest BCUT2D eigenvalue weighted by atomic mass is 10.1. The van der Waals surface area contributed by atoms with Crippen LogP contribution in [0.4, 0.5) is 0 Å². The molecule has 0 saturated heterocycles. The molecule has 0 radical (unpaired) electrons. The Labute approximate surface area is 98.0 Å². The van der Waals surface area contributed by atoms with Gasteiger partial charge in [-0.05, 0) is 19.4 Å². The zero-order valence-electron chi connectivity index (χ0n) is 10.8. The van der Waals surface area contributed by atoms with Crippen LogP contribution in [-0.2, 0) is 7.05 Å². The van der Waals surface area contributed by atoms with Gasteiger partial charge in [0.1, 0.15) is 0 Å². The normalized spacial score (nSPS) is 9.56. The molecule has 86 valence electrons. The minimum atomic E-state index is 1.09. The van der Waals surface area contributed by atoms with E-state index in [1.54, 1.807) is 0 Å². The minimum Gasteiger partial charge on any atom is -0.337 e. The fraction of sp³-hybridized carbons (Fsp3) is 0.357. The first kappa shape index (κ1) is 12.5. The molecule has 1 aromatic heterocycles. The summed E-state index contributed by atoms with van der Waals surface area (Å²) in [7, 11) is 2.02. The fourth-order valence-corrected chi connectivity index (χ4v) is 1.59. The predicted molar refractivity (Wildman–Crippen MR) is 69.5 cm³/mol. The summed E-state index contributed by atoms with van der Waals surface area (Å²) in [6.45, 7) is 8.21. The van der Waals surface area contributed by atoms with Gasteiger partial charge in [-0.15, -0.1) is 0 Å². The molecular weight excluding hydrogens is 196 g/mol. The Bertz CT molecular complexity index is 456. The number of hydrogen-bond donors (Lipinski definition) is 0. The van der Waals surface area contributed by atoms with E-state index in [9.17, 15) is 0 Å². The van der Waals surface area contributed by atoms with Crippen molar-refractivity contribution in [3.63, 3.8) is 0 Å². The number of hydrogen-bond acceptors (Lipinski definition) is 1. The van der Waals surface area contributed by atoms with E-state index < -0.39 is 0 Å². The largest absolute Gasteiger partial charge is 0.337 e. The minimum absolute atomic E-state index is 1.09. The van der Waals surface area contributed by atoms with Crippen molar-refractivity contribution < 1.29 is 0 Å². The maximum Gasteiger partial charge on any atom is 0.0953 e. The van der Waals surface area contributed by atoms with Crippen molar-refractivity contribution in [3.8, 4) is 11.3 Å². The van der Waals surface area contributed by atoms with Crippen LogP contribution in [0.25, 0.3) is 11.3 Å². The maximum atomic E-state index is 4.41. The van der Waals surface area contributed by atoms with Gasteiger partial charge < -0.3 is 4.57 Å². The quantitative estimate of drug-likeness (QED) is 0.710. The molecule has 2 heteroatoms. The van der Waals surface area contributed by atoms with Gasteiger partial charge in [-0.25, -0.2) is 4.98 Å². The molecule has 1 aromatic carbocycles. The number of aryl methyl sites for hydroxylation is 2. The molecule has 2 rings (SSSR count). The Morgan fingerprint density at radius 1 is 1.06 bits per heavy atom. The van der Waals surface area contributed by atoms with Crippen LogP contribution in [0.3, 0.4) is 0 Å². The highest BCUT2D eigenvalue weighted by Crippen LogP contribution is 2.23. The fourth-order valence-electron chi connectivity index (χ4n) is 1.59. The number of benzene rings is 1. The second kappa shape index (κ2) is 5.50. The second-order valence-corrected chi connectivity index (χ2v) is 3.60. The third-order valence-corrected chi connectivity index (χ3v) is 2.63. The van der Waals surface area contributed by atoms with Gasteiger partial charge in [0.05, 0.1) is 12.0 Å². The summed E-state index contributed by atoms with van der Waals surface area (Å²) < 4.78 is 2.04. The molecule has 0 fully saturated rings. The van der Waals surface area contributed by atoms with Crippen molar-refractivity contribution in [2.24, 2.45) is 7.05 Å². The summed E-state index contributed by atoms with van der Waals surface area (Å²) in [5, 5.41) is 0. The van der Waals surface area contributed by atoms with Crippen molar-refractivity contribution in [1.29, 1.82) is 0 Å². The summed E-state index contributed by atoms with van der Waals surface area (Å²) in [6, 6.07) is 8.33. The highest BCUT2D eigenvalue weighted by Gasteiger charge is 2.07. The van der Waals surface area contributed by atoms with E-state index in [1.165, 1.54) is 16.8 Å². The summed E-state index contributed by atoms with van der Waals surface area (Å²) in [4.78, 5) is 4.41. The van der Waals surface area contributed by atoms with E-state index in [0.29, 0.717) is 0 Å². The van der Waals surface area contributed by atoms with Gasteiger partial charge in [-0.1, -0.05) is 38.1 Å². The number of aromatic nitrogens is 2. The zero-order valence-corrected chi connectivity index (χ0v) is 10.8. The molecule has 0 N–H and O–H groups in total. The third-order valence-electron chi connectivity index (χ3n) is 2.63. The molecule has 1 heterocycles. The molecule has 0 aliphatic carbocycles. The molecule has 0 spiro atoms.